The lowest BCUT2D eigenvalue weighted by Crippen LogP contribution is -2.46. The van der Waals surface area contributed by atoms with Crippen molar-refractivity contribution in [3.8, 4) is 11.5 Å². The standard InChI is InChI=1S/C21H21N3O5/c1-2-23-16-8-4-3-7-15(16)20(26)24(21(23)27)12-19(25)22-11-14-13-28-17-9-5-6-10-18(17)29-14/h3-10,14H,2,11-13H2,1H3,(H,22,25). The third-order valence-electron chi connectivity index (χ3n) is 4.84. The van der Waals surface area contributed by atoms with Gasteiger partial charge in [0.15, 0.2) is 11.5 Å². The van der Waals surface area contributed by atoms with E-state index in [1.165, 1.54) is 4.57 Å². The summed E-state index contributed by atoms with van der Waals surface area (Å²) in [6.45, 7) is 2.37. The number of nitrogens with zero attached hydrogens (tertiary/aromatic N) is 2. The van der Waals surface area contributed by atoms with Crippen molar-refractivity contribution in [1.82, 2.24) is 14.5 Å². The summed E-state index contributed by atoms with van der Waals surface area (Å²) >= 11 is 0. The monoisotopic (exact) mass is 395 g/mol. The van der Waals surface area contributed by atoms with E-state index in [9.17, 15) is 14.4 Å². The number of aryl methyl sites for hydroxylation is 1. The van der Waals surface area contributed by atoms with Gasteiger partial charge in [0.05, 0.1) is 17.4 Å². The molecule has 8 nitrogen and oxygen atoms in total. The molecule has 0 radical (unpaired) electrons. The van der Waals surface area contributed by atoms with Crippen LogP contribution in [0.2, 0.25) is 0 Å². The fourth-order valence-corrected chi connectivity index (χ4v) is 3.41. The summed E-state index contributed by atoms with van der Waals surface area (Å²) in [6.07, 6.45) is -0.352. The van der Waals surface area contributed by atoms with Crippen LogP contribution in [0.25, 0.3) is 10.9 Å². The number of hydrogen-bond donors (Lipinski definition) is 1. The Kier molecular flexibility index (Phi) is 5.07. The van der Waals surface area contributed by atoms with E-state index in [4.69, 9.17) is 9.47 Å². The fourth-order valence-electron chi connectivity index (χ4n) is 3.41. The number of para-hydroxylation sites is 3. The van der Waals surface area contributed by atoms with Crippen LogP contribution in [0, 0.1) is 0 Å². The Bertz CT molecular complexity index is 1180. The molecule has 0 saturated heterocycles. The number of amides is 1. The van der Waals surface area contributed by atoms with Crippen molar-refractivity contribution in [2.75, 3.05) is 13.2 Å². The van der Waals surface area contributed by atoms with Gasteiger partial charge >= 0.3 is 5.69 Å². The average molecular weight is 395 g/mol. The maximum Gasteiger partial charge on any atom is 0.331 e. The van der Waals surface area contributed by atoms with E-state index in [2.05, 4.69) is 5.32 Å². The summed E-state index contributed by atoms with van der Waals surface area (Å²) in [5.41, 5.74) is -0.415. The maximum atomic E-state index is 12.7. The summed E-state index contributed by atoms with van der Waals surface area (Å²) in [4.78, 5) is 37.9. The number of rotatable bonds is 5. The first kappa shape index (κ1) is 18.8. The highest BCUT2D eigenvalue weighted by molar-refractivity contribution is 5.79. The van der Waals surface area contributed by atoms with Crippen molar-refractivity contribution in [2.24, 2.45) is 0 Å². The van der Waals surface area contributed by atoms with Gasteiger partial charge in [-0.15, -0.1) is 0 Å². The second kappa shape index (κ2) is 7.83. The van der Waals surface area contributed by atoms with E-state index < -0.39 is 17.2 Å². The lowest BCUT2D eigenvalue weighted by molar-refractivity contribution is -0.122. The van der Waals surface area contributed by atoms with Gasteiger partial charge in [-0.3, -0.25) is 18.7 Å². The van der Waals surface area contributed by atoms with Crippen LogP contribution in [0.3, 0.4) is 0 Å². The molecular weight excluding hydrogens is 374 g/mol. The first-order valence-electron chi connectivity index (χ1n) is 9.46. The van der Waals surface area contributed by atoms with Crippen LogP contribution in [0.1, 0.15) is 6.92 Å². The largest absolute Gasteiger partial charge is 0.486 e. The van der Waals surface area contributed by atoms with Crippen LogP contribution >= 0.6 is 0 Å². The Labute approximate surface area is 166 Å². The van der Waals surface area contributed by atoms with E-state index in [1.54, 1.807) is 30.3 Å². The van der Waals surface area contributed by atoms with E-state index in [0.29, 0.717) is 35.6 Å². The Balaban J connectivity index is 1.49. The Morgan fingerprint density at radius 2 is 1.79 bits per heavy atom. The van der Waals surface area contributed by atoms with Crippen molar-refractivity contribution < 1.29 is 14.3 Å². The lowest BCUT2D eigenvalue weighted by Gasteiger charge is -2.26. The maximum absolute atomic E-state index is 12.7. The van der Waals surface area contributed by atoms with Gasteiger partial charge in [-0.05, 0) is 31.2 Å². The molecule has 0 saturated carbocycles. The molecule has 150 valence electrons. The van der Waals surface area contributed by atoms with Crippen LogP contribution in [0.4, 0.5) is 0 Å². The molecule has 1 aliphatic heterocycles. The fraction of sp³-hybridized carbons (Fsp3) is 0.286. The van der Waals surface area contributed by atoms with Crippen LogP contribution < -0.4 is 26.0 Å². The summed E-state index contributed by atoms with van der Waals surface area (Å²) in [5, 5.41) is 3.12. The number of carbonyl (C=O) groups excluding carboxylic acids is 1. The minimum absolute atomic E-state index is 0.206. The van der Waals surface area contributed by atoms with Crippen LogP contribution in [0.5, 0.6) is 11.5 Å². The Morgan fingerprint density at radius 3 is 2.59 bits per heavy atom. The quantitative estimate of drug-likeness (QED) is 0.700. The zero-order valence-electron chi connectivity index (χ0n) is 16.0. The SMILES string of the molecule is CCn1c(=O)n(CC(=O)NCC2COc3ccccc3O2)c(=O)c2ccccc21. The first-order chi connectivity index (χ1) is 14.1. The molecular formula is C21H21N3O5. The topological polar surface area (TPSA) is 91.6 Å². The minimum atomic E-state index is -0.502. The predicted octanol–water partition coefficient (Wildman–Crippen LogP) is 1.14. The molecule has 2 heterocycles. The Hall–Kier alpha value is -3.55. The number of benzene rings is 2. The van der Waals surface area contributed by atoms with Gasteiger partial charge in [0.1, 0.15) is 19.3 Å². The molecule has 29 heavy (non-hydrogen) atoms. The van der Waals surface area contributed by atoms with E-state index in [0.717, 1.165) is 4.57 Å². The number of fused-ring (bicyclic) bond motifs is 2. The van der Waals surface area contributed by atoms with Crippen molar-refractivity contribution in [3.63, 3.8) is 0 Å². The molecule has 0 fully saturated rings. The summed E-state index contributed by atoms with van der Waals surface area (Å²) in [6, 6.07) is 14.2. The highest BCUT2D eigenvalue weighted by Gasteiger charge is 2.21. The smallest absolute Gasteiger partial charge is 0.331 e. The number of nitrogens with one attached hydrogen (secondary N) is 1. The van der Waals surface area contributed by atoms with Crippen molar-refractivity contribution in [2.45, 2.75) is 26.1 Å². The highest BCUT2D eigenvalue weighted by atomic mass is 16.6. The van der Waals surface area contributed by atoms with Crippen LogP contribution in [-0.2, 0) is 17.9 Å². The zero-order chi connectivity index (χ0) is 20.4. The van der Waals surface area contributed by atoms with E-state index >= 15 is 0 Å². The number of aromatic nitrogens is 2. The molecule has 3 aromatic rings. The lowest BCUT2D eigenvalue weighted by atomic mass is 10.2. The van der Waals surface area contributed by atoms with Gasteiger partial charge in [0, 0.05) is 6.54 Å². The van der Waals surface area contributed by atoms with Crippen molar-refractivity contribution in [1.29, 1.82) is 0 Å². The first-order valence-corrected chi connectivity index (χ1v) is 9.46. The molecule has 0 aliphatic carbocycles. The normalized spacial score (nSPS) is 15.3. The van der Waals surface area contributed by atoms with Crippen molar-refractivity contribution in [3.05, 3.63) is 69.4 Å². The van der Waals surface area contributed by atoms with Gasteiger partial charge in [0.2, 0.25) is 5.91 Å². The van der Waals surface area contributed by atoms with Gasteiger partial charge in [-0.25, -0.2) is 4.79 Å². The minimum Gasteiger partial charge on any atom is -0.486 e. The summed E-state index contributed by atoms with van der Waals surface area (Å²) in [7, 11) is 0. The third kappa shape index (κ3) is 3.61. The van der Waals surface area contributed by atoms with E-state index in [-0.39, 0.29) is 19.2 Å². The molecule has 0 bridgehead atoms. The predicted molar refractivity (Wildman–Crippen MR) is 108 cm³/mol. The van der Waals surface area contributed by atoms with Gasteiger partial charge in [0.25, 0.3) is 5.56 Å². The average Bonchev–Trinajstić information content (AvgIpc) is 2.75. The molecule has 4 rings (SSSR count). The van der Waals surface area contributed by atoms with E-state index in [1.807, 2.05) is 25.1 Å². The molecule has 1 atom stereocenters. The molecule has 1 aromatic heterocycles. The second-order valence-corrected chi connectivity index (χ2v) is 6.74. The van der Waals surface area contributed by atoms with Crippen molar-refractivity contribution >= 4 is 16.8 Å². The molecule has 1 amide bonds. The van der Waals surface area contributed by atoms with Gasteiger partial charge in [-0.2, -0.15) is 0 Å². The molecule has 1 unspecified atom stereocenters. The highest BCUT2D eigenvalue weighted by Crippen LogP contribution is 2.30. The number of ether oxygens (including phenoxy) is 2. The molecule has 8 heteroatoms. The zero-order valence-corrected chi connectivity index (χ0v) is 16.0. The number of hydrogen-bond acceptors (Lipinski definition) is 5. The Morgan fingerprint density at radius 1 is 1.07 bits per heavy atom. The molecule has 2 aromatic carbocycles. The van der Waals surface area contributed by atoms with Crippen LogP contribution in [0.15, 0.2) is 58.1 Å². The molecule has 0 spiro atoms. The van der Waals surface area contributed by atoms with Gasteiger partial charge in [-0.1, -0.05) is 24.3 Å². The van der Waals surface area contributed by atoms with Gasteiger partial charge < -0.3 is 14.8 Å². The molecule has 1 aliphatic rings. The second-order valence-electron chi connectivity index (χ2n) is 6.74. The summed E-state index contributed by atoms with van der Waals surface area (Å²) < 4.78 is 13.9. The molecule has 1 N–H and O–H groups in total. The third-order valence-corrected chi connectivity index (χ3v) is 4.84. The summed E-state index contributed by atoms with van der Waals surface area (Å²) in [5.74, 6) is 0.845. The number of carbonyl (C=O) groups is 1. The van der Waals surface area contributed by atoms with Crippen LogP contribution in [-0.4, -0.2) is 34.3 Å².